The molecule has 0 saturated heterocycles. The summed E-state index contributed by atoms with van der Waals surface area (Å²) in [5, 5.41) is 5.85. The van der Waals surface area contributed by atoms with E-state index in [1.54, 1.807) is 18.2 Å². The molecule has 2 heterocycles. The number of halogens is 1. The molecule has 3 aromatic rings. The molecule has 0 fully saturated rings. The molecule has 8 heteroatoms. The highest BCUT2D eigenvalue weighted by atomic mass is 19.1. The van der Waals surface area contributed by atoms with E-state index in [0.717, 1.165) is 17.7 Å². The molecular weight excluding hydrogens is 359 g/mol. The topological polar surface area (TPSA) is 83.0 Å². The number of benzene rings is 2. The molecule has 28 heavy (non-hydrogen) atoms. The quantitative estimate of drug-likeness (QED) is 0.725. The van der Waals surface area contributed by atoms with Crippen molar-refractivity contribution >= 4 is 29.2 Å². The zero-order valence-electron chi connectivity index (χ0n) is 15.3. The molecule has 1 aliphatic heterocycles. The van der Waals surface area contributed by atoms with E-state index >= 15 is 0 Å². The minimum Gasteiger partial charge on any atom is -0.336 e. The van der Waals surface area contributed by atoms with E-state index in [2.05, 4.69) is 25.6 Å². The Kier molecular flexibility index (Phi) is 4.84. The van der Waals surface area contributed by atoms with Gasteiger partial charge in [-0.25, -0.2) is 14.4 Å². The fraction of sp³-hybridized carbons (Fsp3) is 0.200. The summed E-state index contributed by atoms with van der Waals surface area (Å²) in [6.07, 6.45) is 2.17. The number of aromatic nitrogens is 3. The normalized spacial score (nSPS) is 13.0. The van der Waals surface area contributed by atoms with Gasteiger partial charge < -0.3 is 15.5 Å². The Hall–Kier alpha value is -3.55. The molecule has 0 saturated carbocycles. The van der Waals surface area contributed by atoms with Crippen molar-refractivity contribution in [2.75, 3.05) is 22.1 Å². The fourth-order valence-electron chi connectivity index (χ4n) is 3.22. The smallest absolute Gasteiger partial charge is 0.232 e. The number of hydrogen-bond acceptors (Lipinski definition) is 6. The summed E-state index contributed by atoms with van der Waals surface area (Å²) in [7, 11) is 0. The van der Waals surface area contributed by atoms with Crippen LogP contribution >= 0.6 is 0 Å². The first-order valence-corrected chi connectivity index (χ1v) is 8.93. The highest BCUT2D eigenvalue weighted by molar-refractivity contribution is 5.89. The number of nitrogens with one attached hydrogen (secondary N) is 2. The maximum absolute atomic E-state index is 14.1. The van der Waals surface area contributed by atoms with Gasteiger partial charge in [-0.2, -0.15) is 4.98 Å². The first-order valence-electron chi connectivity index (χ1n) is 8.93. The van der Waals surface area contributed by atoms with Crippen LogP contribution in [-0.4, -0.2) is 27.4 Å². The predicted octanol–water partition coefficient (Wildman–Crippen LogP) is 3.28. The van der Waals surface area contributed by atoms with Gasteiger partial charge in [0.25, 0.3) is 0 Å². The van der Waals surface area contributed by atoms with Gasteiger partial charge in [0.05, 0.1) is 0 Å². The maximum atomic E-state index is 14.1. The third kappa shape index (κ3) is 3.90. The van der Waals surface area contributed by atoms with E-state index in [9.17, 15) is 9.18 Å². The van der Waals surface area contributed by atoms with Gasteiger partial charge >= 0.3 is 0 Å². The number of carbonyl (C=O) groups is 1. The Morgan fingerprint density at radius 3 is 2.82 bits per heavy atom. The molecule has 0 bridgehead atoms. The third-order valence-electron chi connectivity index (χ3n) is 4.50. The van der Waals surface area contributed by atoms with Crippen molar-refractivity contribution in [2.45, 2.75) is 19.9 Å². The zero-order chi connectivity index (χ0) is 19.5. The standard InChI is InChI=1S/C20H19FN6O/c1-13(28)24-15-5-3-6-16(10-15)25-19-22-12-23-20(26-19)27-9-8-14-4-2-7-18(21)17(14)11-27/h2-7,10,12H,8-9,11H2,1H3,(H,24,28)(H,22,23,25,26). The molecule has 0 unspecified atom stereocenters. The Bertz CT molecular complexity index is 1030. The van der Waals surface area contributed by atoms with Crippen LogP contribution in [0.1, 0.15) is 18.1 Å². The lowest BCUT2D eigenvalue weighted by atomic mass is 9.99. The van der Waals surface area contributed by atoms with Gasteiger partial charge in [-0.3, -0.25) is 4.79 Å². The number of amides is 1. The Morgan fingerprint density at radius 1 is 1.14 bits per heavy atom. The molecule has 1 amide bonds. The van der Waals surface area contributed by atoms with E-state index in [4.69, 9.17) is 0 Å². The van der Waals surface area contributed by atoms with Crippen LogP contribution in [0.15, 0.2) is 48.8 Å². The van der Waals surface area contributed by atoms with Crippen molar-refractivity contribution in [3.63, 3.8) is 0 Å². The molecule has 0 spiro atoms. The first-order chi connectivity index (χ1) is 13.6. The highest BCUT2D eigenvalue weighted by Crippen LogP contribution is 2.25. The third-order valence-corrected chi connectivity index (χ3v) is 4.50. The minimum absolute atomic E-state index is 0.141. The lowest BCUT2D eigenvalue weighted by molar-refractivity contribution is -0.114. The lowest BCUT2D eigenvalue weighted by Gasteiger charge is -2.29. The maximum Gasteiger partial charge on any atom is 0.232 e. The van der Waals surface area contributed by atoms with Gasteiger partial charge in [0.15, 0.2) is 0 Å². The molecule has 0 atom stereocenters. The first kappa shape index (κ1) is 17.8. The molecule has 2 N–H and O–H groups in total. The van der Waals surface area contributed by atoms with Crippen LogP contribution in [0.25, 0.3) is 0 Å². The number of nitrogens with zero attached hydrogens (tertiary/aromatic N) is 4. The van der Waals surface area contributed by atoms with E-state index in [1.165, 1.54) is 19.3 Å². The van der Waals surface area contributed by atoms with E-state index in [1.807, 2.05) is 23.1 Å². The largest absolute Gasteiger partial charge is 0.336 e. The summed E-state index contributed by atoms with van der Waals surface area (Å²) >= 11 is 0. The molecule has 0 aliphatic carbocycles. The molecule has 0 radical (unpaired) electrons. The number of hydrogen-bond donors (Lipinski definition) is 2. The number of anilines is 4. The van der Waals surface area contributed by atoms with Crippen LogP contribution < -0.4 is 15.5 Å². The molecular formula is C20H19FN6O. The zero-order valence-corrected chi connectivity index (χ0v) is 15.3. The lowest BCUT2D eigenvalue weighted by Crippen LogP contribution is -2.32. The summed E-state index contributed by atoms with van der Waals surface area (Å²) in [5.41, 5.74) is 3.12. The van der Waals surface area contributed by atoms with Gasteiger partial charge in [-0.15, -0.1) is 0 Å². The summed E-state index contributed by atoms with van der Waals surface area (Å²) in [6, 6.07) is 12.4. The average molecular weight is 378 g/mol. The molecule has 4 rings (SSSR count). The number of fused-ring (bicyclic) bond motifs is 1. The molecule has 142 valence electrons. The summed E-state index contributed by atoms with van der Waals surface area (Å²) in [4.78, 5) is 26.0. The van der Waals surface area contributed by atoms with E-state index < -0.39 is 0 Å². The van der Waals surface area contributed by atoms with Crippen LogP contribution in [-0.2, 0) is 17.8 Å². The van der Waals surface area contributed by atoms with Gasteiger partial charge in [0.1, 0.15) is 12.1 Å². The van der Waals surface area contributed by atoms with Crippen molar-refractivity contribution in [3.05, 3.63) is 65.7 Å². The van der Waals surface area contributed by atoms with Crippen LogP contribution in [0.4, 0.5) is 27.7 Å². The van der Waals surface area contributed by atoms with Crippen molar-refractivity contribution < 1.29 is 9.18 Å². The average Bonchev–Trinajstić information content (AvgIpc) is 2.68. The second-order valence-electron chi connectivity index (χ2n) is 6.55. The van der Waals surface area contributed by atoms with Gasteiger partial charge in [0.2, 0.25) is 17.8 Å². The van der Waals surface area contributed by atoms with Gasteiger partial charge in [-0.05, 0) is 36.2 Å². The van der Waals surface area contributed by atoms with Crippen LogP contribution in [0.2, 0.25) is 0 Å². The summed E-state index contributed by atoms with van der Waals surface area (Å²) in [6.45, 7) is 2.58. The van der Waals surface area contributed by atoms with Crippen molar-refractivity contribution in [3.8, 4) is 0 Å². The van der Waals surface area contributed by atoms with Crippen LogP contribution in [0.3, 0.4) is 0 Å². The number of carbonyl (C=O) groups excluding carboxylic acids is 1. The molecule has 2 aromatic carbocycles. The minimum atomic E-state index is -0.204. The monoisotopic (exact) mass is 378 g/mol. The van der Waals surface area contributed by atoms with Gasteiger partial charge in [-0.1, -0.05) is 18.2 Å². The summed E-state index contributed by atoms with van der Waals surface area (Å²) in [5.74, 6) is 0.523. The molecule has 7 nitrogen and oxygen atoms in total. The Morgan fingerprint density at radius 2 is 1.96 bits per heavy atom. The van der Waals surface area contributed by atoms with Crippen LogP contribution in [0, 0.1) is 5.82 Å². The highest BCUT2D eigenvalue weighted by Gasteiger charge is 2.21. The Labute approximate surface area is 161 Å². The second-order valence-corrected chi connectivity index (χ2v) is 6.55. The van der Waals surface area contributed by atoms with Crippen LogP contribution in [0.5, 0.6) is 0 Å². The Balaban J connectivity index is 1.53. The summed E-state index contributed by atoms with van der Waals surface area (Å²) < 4.78 is 14.1. The number of rotatable bonds is 4. The van der Waals surface area contributed by atoms with Crippen molar-refractivity contribution in [2.24, 2.45) is 0 Å². The molecule has 1 aliphatic rings. The SMILES string of the molecule is CC(=O)Nc1cccc(Nc2ncnc(N3CCc4cccc(F)c4C3)n2)c1. The fourth-order valence-corrected chi connectivity index (χ4v) is 3.22. The van der Waals surface area contributed by atoms with Crippen molar-refractivity contribution in [1.29, 1.82) is 0 Å². The molecule has 1 aromatic heterocycles. The predicted molar refractivity (Wildman–Crippen MR) is 105 cm³/mol. The second kappa shape index (κ2) is 7.59. The van der Waals surface area contributed by atoms with E-state index in [-0.39, 0.29) is 11.7 Å². The van der Waals surface area contributed by atoms with Crippen molar-refractivity contribution in [1.82, 2.24) is 15.0 Å². The van der Waals surface area contributed by atoms with Gasteiger partial charge in [0, 0.05) is 37.0 Å². The van der Waals surface area contributed by atoms with E-state index in [0.29, 0.717) is 36.2 Å².